The first-order valence-corrected chi connectivity index (χ1v) is 30.5. The van der Waals surface area contributed by atoms with Crippen LogP contribution in [-0.4, -0.2) is 49.3 Å². The summed E-state index contributed by atoms with van der Waals surface area (Å²) in [5, 5.41) is 0. The van der Waals surface area contributed by atoms with E-state index < -0.39 is 26.5 Å². The number of ether oxygens (including phenoxy) is 2. The number of carbonyl (C=O) groups excluding carboxylic acids is 2. The fourth-order valence-corrected chi connectivity index (χ4v) is 9.70. The second kappa shape index (κ2) is 53.4. The summed E-state index contributed by atoms with van der Waals surface area (Å²) in [6, 6.07) is 0. The smallest absolute Gasteiger partial charge is 0.462 e. The number of hydrogen-bond donors (Lipinski definition) is 2. The zero-order chi connectivity index (χ0) is 48.1. The number of rotatable bonds is 56. The third kappa shape index (κ3) is 52.4. The van der Waals surface area contributed by atoms with Gasteiger partial charge in [-0.05, 0) is 12.8 Å². The maximum atomic E-state index is 12.7. The van der Waals surface area contributed by atoms with Crippen molar-refractivity contribution in [1.29, 1.82) is 0 Å². The number of phosphoric acid groups is 1. The molecule has 0 aliphatic heterocycles. The van der Waals surface area contributed by atoms with Gasteiger partial charge in [-0.1, -0.05) is 290 Å². The lowest BCUT2D eigenvalue weighted by atomic mass is 10.0. The normalized spacial score (nSPS) is 13.0. The Labute approximate surface area is 409 Å². The average Bonchev–Trinajstić information content (AvgIpc) is 3.31. The fraction of sp³-hybridized carbons (Fsp3) is 0.964. The summed E-state index contributed by atoms with van der Waals surface area (Å²) in [5.74, 6) is -0.809. The molecule has 0 amide bonds. The van der Waals surface area contributed by atoms with Crippen LogP contribution < -0.4 is 5.73 Å². The lowest BCUT2D eigenvalue weighted by Crippen LogP contribution is -2.29. The molecule has 66 heavy (non-hydrogen) atoms. The van der Waals surface area contributed by atoms with Crippen LogP contribution >= 0.6 is 7.82 Å². The number of esters is 2. The molecule has 0 aliphatic rings. The molecule has 0 spiro atoms. The number of carbonyl (C=O) groups is 2. The van der Waals surface area contributed by atoms with Gasteiger partial charge in [-0.25, -0.2) is 4.57 Å². The topological polar surface area (TPSA) is 134 Å². The van der Waals surface area contributed by atoms with Gasteiger partial charge in [0.15, 0.2) is 6.10 Å². The molecule has 0 bridgehead atoms. The zero-order valence-corrected chi connectivity index (χ0v) is 44.9. The van der Waals surface area contributed by atoms with Crippen LogP contribution in [0.25, 0.3) is 0 Å². The van der Waals surface area contributed by atoms with E-state index in [1.807, 2.05) is 0 Å². The van der Waals surface area contributed by atoms with Crippen LogP contribution in [0, 0.1) is 0 Å². The van der Waals surface area contributed by atoms with E-state index in [0.29, 0.717) is 6.42 Å². The Kier molecular flexibility index (Phi) is 52.6. The summed E-state index contributed by atoms with van der Waals surface area (Å²) < 4.78 is 32.9. The predicted octanol–water partition coefficient (Wildman–Crippen LogP) is 17.9. The molecule has 2 unspecified atom stereocenters. The van der Waals surface area contributed by atoms with Gasteiger partial charge in [0.1, 0.15) is 6.61 Å². The highest BCUT2D eigenvalue weighted by Crippen LogP contribution is 2.43. The largest absolute Gasteiger partial charge is 0.472 e. The Morgan fingerprint density at radius 3 is 0.924 bits per heavy atom. The molecule has 0 fully saturated rings. The van der Waals surface area contributed by atoms with Crippen molar-refractivity contribution in [2.75, 3.05) is 26.4 Å². The van der Waals surface area contributed by atoms with Crippen molar-refractivity contribution in [1.82, 2.24) is 0 Å². The Hall–Kier alpha value is -0.990. The van der Waals surface area contributed by atoms with Gasteiger partial charge >= 0.3 is 19.8 Å². The van der Waals surface area contributed by atoms with Gasteiger partial charge in [-0.3, -0.25) is 18.6 Å². The van der Waals surface area contributed by atoms with Crippen LogP contribution in [0.1, 0.15) is 316 Å². The third-order valence-electron chi connectivity index (χ3n) is 13.2. The fourth-order valence-electron chi connectivity index (χ4n) is 8.93. The molecule has 0 saturated heterocycles. The van der Waals surface area contributed by atoms with Gasteiger partial charge in [0.05, 0.1) is 13.2 Å². The second-order valence-corrected chi connectivity index (χ2v) is 21.3. The Morgan fingerprint density at radius 1 is 0.394 bits per heavy atom. The molecule has 0 heterocycles. The second-order valence-electron chi connectivity index (χ2n) is 19.9. The van der Waals surface area contributed by atoms with E-state index in [1.54, 1.807) is 0 Å². The third-order valence-corrected chi connectivity index (χ3v) is 14.2. The Bertz CT molecular complexity index is 1050. The van der Waals surface area contributed by atoms with Crippen molar-refractivity contribution in [3.05, 3.63) is 0 Å². The molecular weight excluding hydrogens is 846 g/mol. The highest BCUT2D eigenvalue weighted by molar-refractivity contribution is 7.47. The first kappa shape index (κ1) is 65.0. The van der Waals surface area contributed by atoms with Gasteiger partial charge in [0.2, 0.25) is 0 Å². The van der Waals surface area contributed by atoms with E-state index in [2.05, 4.69) is 13.8 Å². The summed E-state index contributed by atoms with van der Waals surface area (Å²) in [5.41, 5.74) is 5.37. The molecule has 0 aromatic heterocycles. The summed E-state index contributed by atoms with van der Waals surface area (Å²) in [4.78, 5) is 35.0. The average molecular weight is 958 g/mol. The van der Waals surface area contributed by atoms with Gasteiger partial charge in [0, 0.05) is 19.4 Å². The minimum Gasteiger partial charge on any atom is -0.462 e. The number of nitrogens with two attached hydrogens (primary N) is 1. The lowest BCUT2D eigenvalue weighted by Gasteiger charge is -2.19. The Balaban J connectivity index is 3.73. The zero-order valence-electron chi connectivity index (χ0n) is 44.0. The van der Waals surface area contributed by atoms with E-state index >= 15 is 0 Å². The van der Waals surface area contributed by atoms with Crippen molar-refractivity contribution < 1.29 is 37.6 Å². The summed E-state index contributed by atoms with van der Waals surface area (Å²) in [6.45, 7) is 3.79. The number of hydrogen-bond acceptors (Lipinski definition) is 8. The molecule has 2 atom stereocenters. The maximum absolute atomic E-state index is 12.7. The molecule has 0 radical (unpaired) electrons. The van der Waals surface area contributed by atoms with E-state index in [9.17, 15) is 19.0 Å². The van der Waals surface area contributed by atoms with Crippen LogP contribution in [-0.2, 0) is 32.7 Å². The van der Waals surface area contributed by atoms with Crippen LogP contribution in [0.2, 0.25) is 0 Å². The van der Waals surface area contributed by atoms with Crippen LogP contribution in [0.3, 0.4) is 0 Å². The molecule has 10 heteroatoms. The first-order chi connectivity index (χ1) is 32.3. The lowest BCUT2D eigenvalue weighted by molar-refractivity contribution is -0.161. The van der Waals surface area contributed by atoms with Gasteiger partial charge in [-0.2, -0.15) is 0 Å². The maximum Gasteiger partial charge on any atom is 0.472 e. The van der Waals surface area contributed by atoms with E-state index in [-0.39, 0.29) is 38.6 Å². The highest BCUT2D eigenvalue weighted by Gasteiger charge is 2.26. The molecule has 3 N–H and O–H groups in total. The molecule has 0 aromatic carbocycles. The van der Waals surface area contributed by atoms with Crippen molar-refractivity contribution in [3.63, 3.8) is 0 Å². The molecule has 0 aliphatic carbocycles. The molecule has 0 rings (SSSR count). The Morgan fingerprint density at radius 2 is 0.652 bits per heavy atom. The minimum absolute atomic E-state index is 0.0583. The van der Waals surface area contributed by atoms with E-state index in [1.165, 1.54) is 250 Å². The number of unbranched alkanes of at least 4 members (excludes halogenated alkanes) is 43. The van der Waals surface area contributed by atoms with E-state index in [4.69, 9.17) is 24.3 Å². The SMILES string of the molecule is CCCCCCCCCCCCCCCCCCCCCCCCCCCCCCCCCCCCC(=O)OC(COC(=O)CCCCCCCCCCCCC)COP(=O)(O)OCCN. The van der Waals surface area contributed by atoms with Crippen molar-refractivity contribution in [2.24, 2.45) is 5.73 Å². The van der Waals surface area contributed by atoms with Gasteiger partial charge < -0.3 is 20.1 Å². The summed E-state index contributed by atoms with van der Waals surface area (Å²) >= 11 is 0. The predicted molar refractivity (Wildman–Crippen MR) is 280 cm³/mol. The molecule has 9 nitrogen and oxygen atoms in total. The van der Waals surface area contributed by atoms with Crippen molar-refractivity contribution in [3.8, 4) is 0 Å². The van der Waals surface area contributed by atoms with Crippen molar-refractivity contribution >= 4 is 19.8 Å². The molecule has 0 aromatic rings. The monoisotopic (exact) mass is 958 g/mol. The molecule has 394 valence electrons. The standard InChI is InChI=1S/C56H112NO8P/c1-3-5-7-9-11-13-15-16-17-18-19-20-21-22-23-24-25-26-27-28-29-30-31-32-33-34-35-36-37-39-41-43-45-47-49-56(59)65-54(53-64-66(60,61)63-51-50-57)52-62-55(58)48-46-44-42-40-38-14-12-10-8-6-4-2/h54H,3-53,57H2,1-2H3,(H,60,61). The summed E-state index contributed by atoms with van der Waals surface area (Å²) in [7, 11) is -4.37. The minimum atomic E-state index is -4.37. The number of phosphoric ester groups is 1. The highest BCUT2D eigenvalue weighted by atomic mass is 31.2. The summed E-state index contributed by atoms with van der Waals surface area (Å²) in [6.07, 6.45) is 59.1. The molecule has 0 saturated carbocycles. The van der Waals surface area contributed by atoms with Crippen LogP contribution in [0.5, 0.6) is 0 Å². The van der Waals surface area contributed by atoms with Gasteiger partial charge in [0.25, 0.3) is 0 Å². The van der Waals surface area contributed by atoms with Crippen LogP contribution in [0.15, 0.2) is 0 Å². The van der Waals surface area contributed by atoms with Crippen LogP contribution in [0.4, 0.5) is 0 Å². The quantitative estimate of drug-likeness (QED) is 0.0347. The van der Waals surface area contributed by atoms with Crippen molar-refractivity contribution in [2.45, 2.75) is 322 Å². The van der Waals surface area contributed by atoms with E-state index in [0.717, 1.165) is 32.1 Å². The first-order valence-electron chi connectivity index (χ1n) is 29.0. The molecular formula is C56H112NO8P. The van der Waals surface area contributed by atoms with Gasteiger partial charge in [-0.15, -0.1) is 0 Å².